The Morgan fingerprint density at radius 2 is 1.78 bits per heavy atom. The number of amides is 1. The standard InChI is InChI=1S/C18H19FN2O5S/c1-3-20(4-2)18(22)13-9-10-17(16(11-13)21(23)24)27(25,26)12-14-7-5-6-8-15(14)19/h5-11H,3-4,12H2,1-2H3. The Morgan fingerprint density at radius 1 is 1.15 bits per heavy atom. The predicted molar refractivity (Wildman–Crippen MR) is 97.6 cm³/mol. The molecule has 144 valence electrons. The van der Waals surface area contributed by atoms with Crippen LogP contribution < -0.4 is 0 Å². The molecule has 27 heavy (non-hydrogen) atoms. The van der Waals surface area contributed by atoms with E-state index in [1.54, 1.807) is 13.8 Å². The first-order valence-electron chi connectivity index (χ1n) is 8.25. The number of carbonyl (C=O) groups excluding carboxylic acids is 1. The van der Waals surface area contributed by atoms with Crippen LogP contribution in [0.25, 0.3) is 0 Å². The van der Waals surface area contributed by atoms with Gasteiger partial charge < -0.3 is 4.90 Å². The number of rotatable bonds is 7. The Hall–Kier alpha value is -2.81. The highest BCUT2D eigenvalue weighted by Gasteiger charge is 2.28. The van der Waals surface area contributed by atoms with Gasteiger partial charge in [-0.1, -0.05) is 18.2 Å². The van der Waals surface area contributed by atoms with Crippen LogP contribution in [0.1, 0.15) is 29.8 Å². The van der Waals surface area contributed by atoms with E-state index < -0.39 is 42.8 Å². The summed E-state index contributed by atoms with van der Waals surface area (Å²) in [5.41, 5.74) is -0.769. The summed E-state index contributed by atoms with van der Waals surface area (Å²) in [7, 11) is -4.19. The molecule has 9 heteroatoms. The fourth-order valence-corrected chi connectivity index (χ4v) is 4.17. The summed E-state index contributed by atoms with van der Waals surface area (Å²) < 4.78 is 39.1. The van der Waals surface area contributed by atoms with E-state index in [1.807, 2.05) is 0 Å². The molecular formula is C18H19FN2O5S. The van der Waals surface area contributed by atoms with Crippen molar-refractivity contribution in [2.24, 2.45) is 0 Å². The van der Waals surface area contributed by atoms with Gasteiger partial charge in [0.05, 0.1) is 10.7 Å². The van der Waals surface area contributed by atoms with Gasteiger partial charge in [0.15, 0.2) is 9.84 Å². The largest absolute Gasteiger partial charge is 0.339 e. The monoisotopic (exact) mass is 394 g/mol. The van der Waals surface area contributed by atoms with Crippen LogP contribution in [0.4, 0.5) is 10.1 Å². The molecular weight excluding hydrogens is 375 g/mol. The molecule has 2 aromatic carbocycles. The van der Waals surface area contributed by atoms with E-state index in [1.165, 1.54) is 29.2 Å². The molecule has 2 rings (SSSR count). The summed E-state index contributed by atoms with van der Waals surface area (Å²) in [6, 6.07) is 8.54. The number of nitro benzene ring substituents is 1. The van der Waals surface area contributed by atoms with Crippen molar-refractivity contribution in [3.63, 3.8) is 0 Å². The smallest absolute Gasteiger partial charge is 0.288 e. The molecule has 0 N–H and O–H groups in total. The fourth-order valence-electron chi connectivity index (χ4n) is 2.65. The van der Waals surface area contributed by atoms with Crippen LogP contribution in [0.5, 0.6) is 0 Å². The molecule has 2 aromatic rings. The molecule has 1 amide bonds. The number of carbonyl (C=O) groups is 1. The van der Waals surface area contributed by atoms with E-state index >= 15 is 0 Å². The Morgan fingerprint density at radius 3 is 2.33 bits per heavy atom. The van der Waals surface area contributed by atoms with E-state index in [-0.39, 0.29) is 11.1 Å². The first-order valence-corrected chi connectivity index (χ1v) is 9.90. The number of hydrogen-bond acceptors (Lipinski definition) is 5. The molecule has 0 aliphatic carbocycles. The lowest BCUT2D eigenvalue weighted by Crippen LogP contribution is -2.30. The molecule has 0 saturated heterocycles. The number of benzene rings is 2. The first-order chi connectivity index (χ1) is 12.7. The van der Waals surface area contributed by atoms with Crippen molar-refractivity contribution in [1.29, 1.82) is 0 Å². The van der Waals surface area contributed by atoms with E-state index in [2.05, 4.69) is 0 Å². The minimum atomic E-state index is -4.19. The molecule has 0 atom stereocenters. The zero-order valence-corrected chi connectivity index (χ0v) is 15.7. The van der Waals surface area contributed by atoms with Gasteiger partial charge in [0.25, 0.3) is 11.6 Å². The zero-order valence-electron chi connectivity index (χ0n) is 14.9. The summed E-state index contributed by atoms with van der Waals surface area (Å²) in [5.74, 6) is -1.86. The van der Waals surface area contributed by atoms with E-state index in [9.17, 15) is 27.7 Å². The minimum absolute atomic E-state index is 0.0234. The van der Waals surface area contributed by atoms with Gasteiger partial charge in [-0.15, -0.1) is 0 Å². The van der Waals surface area contributed by atoms with Gasteiger partial charge in [-0.05, 0) is 32.0 Å². The summed E-state index contributed by atoms with van der Waals surface area (Å²) in [5, 5.41) is 11.4. The van der Waals surface area contributed by atoms with Crippen LogP contribution in [0, 0.1) is 15.9 Å². The molecule has 0 saturated carbocycles. The van der Waals surface area contributed by atoms with E-state index in [0.29, 0.717) is 13.1 Å². The van der Waals surface area contributed by atoms with Gasteiger partial charge in [0.1, 0.15) is 10.7 Å². The SMILES string of the molecule is CCN(CC)C(=O)c1ccc(S(=O)(=O)Cc2ccccc2F)c([N+](=O)[O-])c1. The van der Waals surface area contributed by atoms with Crippen LogP contribution in [0.3, 0.4) is 0 Å². The molecule has 0 heterocycles. The fraction of sp³-hybridized carbons (Fsp3) is 0.278. The minimum Gasteiger partial charge on any atom is -0.339 e. The van der Waals surface area contributed by atoms with E-state index in [0.717, 1.165) is 18.2 Å². The summed E-state index contributed by atoms with van der Waals surface area (Å²) in [4.78, 5) is 23.9. The van der Waals surface area contributed by atoms with Crippen LogP contribution >= 0.6 is 0 Å². The topological polar surface area (TPSA) is 97.6 Å². The van der Waals surface area contributed by atoms with E-state index in [4.69, 9.17) is 0 Å². The number of nitro groups is 1. The molecule has 0 fully saturated rings. The van der Waals surface area contributed by atoms with Crippen LogP contribution in [-0.2, 0) is 15.6 Å². The lowest BCUT2D eigenvalue weighted by molar-refractivity contribution is -0.387. The highest BCUT2D eigenvalue weighted by Crippen LogP contribution is 2.29. The van der Waals surface area contributed by atoms with Gasteiger partial charge in [-0.3, -0.25) is 14.9 Å². The Bertz CT molecular complexity index is 971. The third kappa shape index (κ3) is 4.48. The molecule has 0 aliphatic heterocycles. The highest BCUT2D eigenvalue weighted by molar-refractivity contribution is 7.90. The molecule has 0 radical (unpaired) electrons. The third-order valence-corrected chi connectivity index (χ3v) is 5.80. The maximum Gasteiger partial charge on any atom is 0.288 e. The average Bonchev–Trinajstić information content (AvgIpc) is 2.63. The number of nitrogens with zero attached hydrogens (tertiary/aromatic N) is 2. The number of halogens is 1. The lowest BCUT2D eigenvalue weighted by Gasteiger charge is -2.18. The Balaban J connectivity index is 2.49. The maximum absolute atomic E-state index is 13.8. The van der Waals surface area contributed by atoms with Gasteiger partial charge in [-0.25, -0.2) is 12.8 Å². The Kier molecular flexibility index (Phi) is 6.27. The average molecular weight is 394 g/mol. The Labute approximate surface area is 156 Å². The van der Waals surface area contributed by atoms with Crippen molar-refractivity contribution in [2.75, 3.05) is 13.1 Å². The third-order valence-electron chi connectivity index (χ3n) is 4.09. The molecule has 0 unspecified atom stereocenters. The summed E-state index contributed by atoms with van der Waals surface area (Å²) in [6.45, 7) is 4.36. The van der Waals surface area contributed by atoms with Gasteiger partial charge in [0.2, 0.25) is 0 Å². The van der Waals surface area contributed by atoms with Crippen molar-refractivity contribution in [3.05, 3.63) is 69.5 Å². The lowest BCUT2D eigenvalue weighted by atomic mass is 10.1. The van der Waals surface area contributed by atoms with Crippen molar-refractivity contribution in [2.45, 2.75) is 24.5 Å². The van der Waals surface area contributed by atoms with Crippen molar-refractivity contribution < 1.29 is 22.5 Å². The molecule has 0 bridgehead atoms. The number of hydrogen-bond donors (Lipinski definition) is 0. The van der Waals surface area contributed by atoms with Crippen LogP contribution in [0.2, 0.25) is 0 Å². The maximum atomic E-state index is 13.8. The summed E-state index contributed by atoms with van der Waals surface area (Å²) in [6.07, 6.45) is 0. The van der Waals surface area contributed by atoms with Crippen molar-refractivity contribution >= 4 is 21.4 Å². The normalized spacial score (nSPS) is 11.2. The van der Waals surface area contributed by atoms with Crippen molar-refractivity contribution in [1.82, 2.24) is 4.90 Å². The summed E-state index contributed by atoms with van der Waals surface area (Å²) >= 11 is 0. The van der Waals surface area contributed by atoms with Crippen molar-refractivity contribution in [3.8, 4) is 0 Å². The predicted octanol–water partition coefficient (Wildman–Crippen LogP) is 3.19. The second-order valence-corrected chi connectivity index (χ2v) is 7.73. The molecule has 7 nitrogen and oxygen atoms in total. The quantitative estimate of drug-likeness (QED) is 0.531. The zero-order chi connectivity index (χ0) is 20.2. The number of sulfone groups is 1. The van der Waals surface area contributed by atoms with Gasteiger partial charge in [0, 0.05) is 30.3 Å². The molecule has 0 spiro atoms. The van der Waals surface area contributed by atoms with Gasteiger partial charge >= 0.3 is 0 Å². The molecule has 0 aromatic heterocycles. The van der Waals surface area contributed by atoms with Crippen LogP contribution in [0.15, 0.2) is 47.4 Å². The molecule has 0 aliphatic rings. The first kappa shape index (κ1) is 20.5. The highest BCUT2D eigenvalue weighted by atomic mass is 32.2. The van der Waals surface area contributed by atoms with Gasteiger partial charge in [-0.2, -0.15) is 0 Å². The second kappa shape index (κ2) is 8.26. The second-order valence-electron chi connectivity index (χ2n) is 5.77. The van der Waals surface area contributed by atoms with Crippen LogP contribution in [-0.4, -0.2) is 37.2 Å².